The quantitative estimate of drug-likeness (QED) is 0.275. The molecular formula is C33H49CoN2O2-. The van der Waals surface area contributed by atoms with Crippen LogP contribution < -0.4 is 0 Å². The van der Waals surface area contributed by atoms with E-state index in [1.807, 2.05) is 12.4 Å². The fraction of sp³-hybridized carbons (Fsp3) is 0.545. The molecule has 1 aliphatic rings. The molecule has 2 unspecified atom stereocenters. The second-order valence-corrected chi connectivity index (χ2v) is 12.3. The van der Waals surface area contributed by atoms with E-state index in [4.69, 9.17) is 9.98 Å². The Morgan fingerprint density at radius 2 is 1.05 bits per heavy atom. The molecule has 2 aromatic carbocycles. The number of rotatable bonds is 6. The first-order chi connectivity index (χ1) is 16.8. The number of aryl methyl sites for hydroxylation is 2. The van der Waals surface area contributed by atoms with Crippen LogP contribution in [0, 0.1) is 7.43 Å². The molecule has 0 bridgehead atoms. The third kappa shape index (κ3) is 8.19. The van der Waals surface area contributed by atoms with Crippen molar-refractivity contribution < 1.29 is 27.0 Å². The van der Waals surface area contributed by atoms with Crippen molar-refractivity contribution in [2.45, 2.75) is 117 Å². The molecule has 4 nitrogen and oxygen atoms in total. The maximum atomic E-state index is 10.8. The molecule has 0 aliphatic heterocycles. The van der Waals surface area contributed by atoms with E-state index in [9.17, 15) is 10.2 Å². The van der Waals surface area contributed by atoms with Gasteiger partial charge in [0.05, 0.1) is 12.1 Å². The SMILES string of the molecule is CCc1cc(C(C)(C)C)cc(C=NC2CCCCC2N=Cc2cc(C(C)(C)C)cc(CC)c2O)c1O.[CH3-].[Co]. The summed E-state index contributed by atoms with van der Waals surface area (Å²) in [5, 5.41) is 21.7. The first kappa shape index (κ1) is 33.9. The number of phenols is 2. The van der Waals surface area contributed by atoms with Crippen molar-refractivity contribution in [3.05, 3.63) is 65.1 Å². The Morgan fingerprint density at radius 3 is 1.34 bits per heavy atom. The van der Waals surface area contributed by atoms with Gasteiger partial charge in [-0.25, -0.2) is 0 Å². The van der Waals surface area contributed by atoms with Crippen molar-refractivity contribution in [3.63, 3.8) is 0 Å². The number of hydrogen-bond donors (Lipinski definition) is 2. The van der Waals surface area contributed by atoms with Crippen LogP contribution in [0.3, 0.4) is 0 Å². The van der Waals surface area contributed by atoms with Crippen LogP contribution in [-0.2, 0) is 40.5 Å². The van der Waals surface area contributed by atoms with E-state index in [0.29, 0.717) is 11.5 Å². The third-order valence-electron chi connectivity index (χ3n) is 7.43. The van der Waals surface area contributed by atoms with Crippen LogP contribution in [0.2, 0.25) is 0 Å². The van der Waals surface area contributed by atoms with Gasteiger partial charge in [0.1, 0.15) is 11.5 Å². The second-order valence-electron chi connectivity index (χ2n) is 12.3. The summed E-state index contributed by atoms with van der Waals surface area (Å²) in [6.07, 6.45) is 9.50. The number of nitrogens with zero attached hydrogens (tertiary/aromatic N) is 2. The van der Waals surface area contributed by atoms with Gasteiger partial charge in [0.25, 0.3) is 0 Å². The summed E-state index contributed by atoms with van der Waals surface area (Å²) < 4.78 is 0. The standard InChI is InChI=1S/C32H46N2O2.CH3.Co/c1-9-21-15-25(31(3,4)5)17-23(29(21)35)19-33-27-13-11-12-14-28(27)34-20-24-18-26(32(6,7)8)16-22(10-2)30(24)36;;/h15-20,27-28,35-36H,9-14H2,1-8H3;1H3;/q;-1;. The molecule has 0 spiro atoms. The summed E-state index contributed by atoms with van der Waals surface area (Å²) in [5.74, 6) is 0.669. The molecule has 0 aromatic heterocycles. The van der Waals surface area contributed by atoms with Crippen molar-refractivity contribution >= 4 is 12.4 Å². The van der Waals surface area contributed by atoms with E-state index in [-0.39, 0.29) is 47.1 Å². The number of aliphatic imine (C=N–C) groups is 2. The van der Waals surface area contributed by atoms with Crippen molar-refractivity contribution in [2.24, 2.45) is 9.98 Å². The van der Waals surface area contributed by atoms with Crippen molar-refractivity contribution in [1.29, 1.82) is 0 Å². The van der Waals surface area contributed by atoms with Gasteiger partial charge in [0.2, 0.25) is 0 Å². The molecule has 38 heavy (non-hydrogen) atoms. The first-order valence-electron chi connectivity index (χ1n) is 13.6. The summed E-state index contributed by atoms with van der Waals surface area (Å²) in [7, 11) is 0. The minimum atomic E-state index is -0.00118. The maximum Gasteiger partial charge on any atom is 0.127 e. The molecule has 0 saturated heterocycles. The van der Waals surface area contributed by atoms with Crippen molar-refractivity contribution in [2.75, 3.05) is 0 Å². The summed E-state index contributed by atoms with van der Waals surface area (Å²) >= 11 is 0. The molecule has 1 saturated carbocycles. The van der Waals surface area contributed by atoms with E-state index in [2.05, 4.69) is 79.7 Å². The van der Waals surface area contributed by atoms with Gasteiger partial charge in [-0.3, -0.25) is 9.98 Å². The van der Waals surface area contributed by atoms with E-state index >= 15 is 0 Å². The van der Waals surface area contributed by atoms with Gasteiger partial charge in [0.15, 0.2) is 0 Å². The van der Waals surface area contributed by atoms with Crippen molar-refractivity contribution in [1.82, 2.24) is 0 Å². The molecule has 2 atom stereocenters. The molecule has 1 fully saturated rings. The molecule has 0 heterocycles. The molecule has 2 aromatic rings. The Balaban J connectivity index is 0.00000361. The number of phenolic OH excluding ortho intramolecular Hbond substituents is 2. The average molecular weight is 565 g/mol. The Bertz CT molecular complexity index is 1030. The van der Waals surface area contributed by atoms with Crippen molar-refractivity contribution in [3.8, 4) is 11.5 Å². The molecule has 1 radical (unpaired) electrons. The van der Waals surface area contributed by atoms with E-state index in [0.717, 1.165) is 60.8 Å². The largest absolute Gasteiger partial charge is 0.507 e. The summed E-state index contributed by atoms with van der Waals surface area (Å²) in [5.41, 5.74) is 5.91. The van der Waals surface area contributed by atoms with Gasteiger partial charge in [-0.05, 0) is 70.9 Å². The average Bonchev–Trinajstić information content (AvgIpc) is 2.81. The molecule has 2 N–H and O–H groups in total. The zero-order chi connectivity index (χ0) is 26.7. The molecule has 3 rings (SSSR count). The Kier molecular flexibility index (Phi) is 12.3. The van der Waals surface area contributed by atoms with Gasteiger partial charge in [-0.2, -0.15) is 0 Å². The molecule has 213 valence electrons. The molecular weight excluding hydrogens is 515 g/mol. The zero-order valence-electron chi connectivity index (χ0n) is 25.0. The number of hydrogen-bond acceptors (Lipinski definition) is 4. The predicted molar refractivity (Wildman–Crippen MR) is 160 cm³/mol. The second kappa shape index (κ2) is 13.8. The molecule has 5 heteroatoms. The summed E-state index contributed by atoms with van der Waals surface area (Å²) in [6.45, 7) is 17.3. The molecule has 1 aliphatic carbocycles. The van der Waals surface area contributed by atoms with Crippen LogP contribution in [0.15, 0.2) is 34.3 Å². The molecule has 0 amide bonds. The monoisotopic (exact) mass is 564 g/mol. The predicted octanol–water partition coefficient (Wildman–Crippen LogP) is 8.11. The van der Waals surface area contributed by atoms with Crippen LogP contribution in [0.25, 0.3) is 0 Å². The number of benzene rings is 2. The van der Waals surface area contributed by atoms with Crippen LogP contribution in [0.4, 0.5) is 0 Å². The van der Waals surface area contributed by atoms with Gasteiger partial charge >= 0.3 is 0 Å². The van der Waals surface area contributed by atoms with Gasteiger partial charge in [-0.1, -0.05) is 80.4 Å². The topological polar surface area (TPSA) is 65.2 Å². The van der Waals surface area contributed by atoms with Gasteiger partial charge < -0.3 is 17.6 Å². The first-order valence-corrected chi connectivity index (χ1v) is 13.6. The Labute approximate surface area is 242 Å². The van der Waals surface area contributed by atoms with Gasteiger partial charge in [-0.15, -0.1) is 0 Å². The number of aromatic hydroxyl groups is 2. The van der Waals surface area contributed by atoms with E-state index in [1.54, 1.807) is 0 Å². The van der Waals surface area contributed by atoms with E-state index in [1.165, 1.54) is 11.1 Å². The van der Waals surface area contributed by atoms with Crippen LogP contribution >= 0.6 is 0 Å². The van der Waals surface area contributed by atoms with Crippen LogP contribution in [0.5, 0.6) is 11.5 Å². The Hall–Kier alpha value is -2.11. The zero-order valence-corrected chi connectivity index (χ0v) is 26.0. The summed E-state index contributed by atoms with van der Waals surface area (Å²) in [4.78, 5) is 9.92. The fourth-order valence-corrected chi connectivity index (χ4v) is 4.83. The maximum absolute atomic E-state index is 10.8. The van der Waals surface area contributed by atoms with Gasteiger partial charge in [0, 0.05) is 40.3 Å². The van der Waals surface area contributed by atoms with Crippen LogP contribution in [-0.4, -0.2) is 34.7 Å². The Morgan fingerprint density at radius 1 is 0.711 bits per heavy atom. The third-order valence-corrected chi connectivity index (χ3v) is 7.43. The van der Waals surface area contributed by atoms with Crippen LogP contribution in [0.1, 0.15) is 114 Å². The normalized spacial score (nSPS) is 18.4. The minimum absolute atomic E-state index is 0. The summed E-state index contributed by atoms with van der Waals surface area (Å²) in [6, 6.07) is 8.50. The van der Waals surface area contributed by atoms with E-state index < -0.39 is 0 Å². The minimum Gasteiger partial charge on any atom is -0.507 e. The fourth-order valence-electron chi connectivity index (χ4n) is 4.83. The smallest absolute Gasteiger partial charge is 0.127 e.